The molecule has 0 aliphatic carbocycles. The number of benzene rings is 1. The molecule has 128 valence electrons. The van der Waals surface area contributed by atoms with E-state index in [9.17, 15) is 19.7 Å². The molecule has 0 unspecified atom stereocenters. The van der Waals surface area contributed by atoms with E-state index in [2.05, 4.69) is 6.92 Å². The Balaban J connectivity index is 2.64. The zero-order chi connectivity index (χ0) is 17.7. The number of pyridine rings is 1. The third-order valence-electron chi connectivity index (χ3n) is 3.77. The Hall–Kier alpha value is -2.70. The lowest BCUT2D eigenvalue weighted by molar-refractivity contribution is -0.384. The Labute approximate surface area is 139 Å². The number of hydrogen-bond acceptors (Lipinski definition) is 5. The second-order valence-corrected chi connectivity index (χ2v) is 5.45. The summed E-state index contributed by atoms with van der Waals surface area (Å²) in [5.74, 6) is -0.674. The van der Waals surface area contributed by atoms with Gasteiger partial charge in [-0.1, -0.05) is 19.8 Å². The van der Waals surface area contributed by atoms with Crippen molar-refractivity contribution in [2.75, 3.05) is 6.61 Å². The number of nitro groups is 1. The van der Waals surface area contributed by atoms with Gasteiger partial charge in [-0.15, -0.1) is 0 Å². The second kappa shape index (κ2) is 7.72. The van der Waals surface area contributed by atoms with Crippen molar-refractivity contribution in [3.05, 3.63) is 50.3 Å². The van der Waals surface area contributed by atoms with E-state index in [-0.39, 0.29) is 23.2 Å². The molecule has 0 radical (unpaired) electrons. The molecule has 0 fully saturated rings. The van der Waals surface area contributed by atoms with E-state index in [1.807, 2.05) is 0 Å². The average Bonchev–Trinajstić information content (AvgIpc) is 2.56. The summed E-state index contributed by atoms with van der Waals surface area (Å²) in [6.07, 6.45) is 4.29. The van der Waals surface area contributed by atoms with Crippen molar-refractivity contribution in [3.8, 4) is 0 Å². The van der Waals surface area contributed by atoms with Gasteiger partial charge < -0.3 is 9.30 Å². The highest BCUT2D eigenvalue weighted by Crippen LogP contribution is 2.20. The molecule has 2 rings (SSSR count). The van der Waals surface area contributed by atoms with Gasteiger partial charge in [0.2, 0.25) is 5.43 Å². The second-order valence-electron chi connectivity index (χ2n) is 5.45. The molecule has 0 bridgehead atoms. The quantitative estimate of drug-likeness (QED) is 0.336. The number of fused-ring (bicyclic) bond motifs is 1. The number of aryl methyl sites for hydroxylation is 1. The SMILES string of the molecule is CCCCCn1cc(C(=O)OCC)c(=O)c2ccc([N+](=O)[O-])cc21. The van der Waals surface area contributed by atoms with E-state index < -0.39 is 16.3 Å². The molecular formula is C17H20N2O5. The molecule has 0 amide bonds. The molecule has 0 aliphatic heterocycles. The van der Waals surface area contributed by atoms with E-state index in [4.69, 9.17) is 4.74 Å². The number of non-ortho nitro benzene ring substituents is 1. The summed E-state index contributed by atoms with van der Waals surface area (Å²) in [7, 11) is 0. The fourth-order valence-electron chi connectivity index (χ4n) is 2.56. The zero-order valence-corrected chi connectivity index (χ0v) is 13.8. The summed E-state index contributed by atoms with van der Waals surface area (Å²) < 4.78 is 6.67. The minimum Gasteiger partial charge on any atom is -0.462 e. The molecule has 0 atom stereocenters. The molecule has 1 heterocycles. The van der Waals surface area contributed by atoms with Gasteiger partial charge in [0.05, 0.1) is 17.0 Å². The average molecular weight is 332 g/mol. The number of carbonyl (C=O) groups is 1. The lowest BCUT2D eigenvalue weighted by Gasteiger charge is -2.13. The third kappa shape index (κ3) is 3.61. The van der Waals surface area contributed by atoms with Crippen molar-refractivity contribution in [1.82, 2.24) is 4.57 Å². The first-order valence-corrected chi connectivity index (χ1v) is 7.98. The molecule has 0 saturated carbocycles. The first-order chi connectivity index (χ1) is 11.5. The Morgan fingerprint density at radius 1 is 1.29 bits per heavy atom. The zero-order valence-electron chi connectivity index (χ0n) is 13.8. The first-order valence-electron chi connectivity index (χ1n) is 7.98. The standard InChI is InChI=1S/C17H20N2O5/c1-3-5-6-9-18-11-14(17(21)24-4-2)16(20)13-8-7-12(19(22)23)10-15(13)18/h7-8,10-11H,3-6,9H2,1-2H3. The lowest BCUT2D eigenvalue weighted by Crippen LogP contribution is -2.21. The van der Waals surface area contributed by atoms with Crippen molar-refractivity contribution in [2.24, 2.45) is 0 Å². The van der Waals surface area contributed by atoms with Gasteiger partial charge in [-0.2, -0.15) is 0 Å². The summed E-state index contributed by atoms with van der Waals surface area (Å²) in [6, 6.07) is 4.04. The van der Waals surface area contributed by atoms with Crippen LogP contribution in [0.3, 0.4) is 0 Å². The van der Waals surface area contributed by atoms with Gasteiger partial charge in [0, 0.05) is 30.3 Å². The Morgan fingerprint density at radius 2 is 2.04 bits per heavy atom. The predicted molar refractivity (Wildman–Crippen MR) is 90.3 cm³/mol. The minimum absolute atomic E-state index is 0.0466. The molecule has 24 heavy (non-hydrogen) atoms. The Kier molecular flexibility index (Phi) is 5.68. The topological polar surface area (TPSA) is 91.4 Å². The predicted octanol–water partition coefficient (Wildman–Crippen LogP) is 3.28. The summed E-state index contributed by atoms with van der Waals surface area (Å²) in [5, 5.41) is 11.3. The molecular weight excluding hydrogens is 312 g/mol. The van der Waals surface area contributed by atoms with E-state index in [0.717, 1.165) is 19.3 Å². The number of carbonyl (C=O) groups excluding carboxylic acids is 1. The van der Waals surface area contributed by atoms with E-state index in [1.54, 1.807) is 11.5 Å². The Bertz CT molecular complexity index is 826. The number of esters is 1. The minimum atomic E-state index is -0.674. The van der Waals surface area contributed by atoms with Gasteiger partial charge in [0.1, 0.15) is 5.56 Å². The number of nitro benzene ring substituents is 1. The van der Waals surface area contributed by atoms with Crippen LogP contribution in [0.1, 0.15) is 43.5 Å². The number of hydrogen-bond donors (Lipinski definition) is 0. The van der Waals surface area contributed by atoms with Gasteiger partial charge in [-0.25, -0.2) is 4.79 Å². The normalized spacial score (nSPS) is 10.8. The summed E-state index contributed by atoms with van der Waals surface area (Å²) in [6.45, 7) is 4.48. The van der Waals surface area contributed by atoms with E-state index in [1.165, 1.54) is 24.4 Å². The van der Waals surface area contributed by atoms with Crippen LogP contribution in [-0.4, -0.2) is 22.1 Å². The fourth-order valence-corrected chi connectivity index (χ4v) is 2.56. The number of rotatable bonds is 7. The van der Waals surface area contributed by atoms with Crippen molar-refractivity contribution >= 4 is 22.6 Å². The maximum Gasteiger partial charge on any atom is 0.343 e. The Morgan fingerprint density at radius 3 is 2.67 bits per heavy atom. The molecule has 7 heteroatoms. The van der Waals surface area contributed by atoms with E-state index >= 15 is 0 Å². The van der Waals surface area contributed by atoms with Crippen molar-refractivity contribution in [1.29, 1.82) is 0 Å². The summed E-state index contributed by atoms with van der Waals surface area (Å²) >= 11 is 0. The number of nitrogens with zero attached hydrogens (tertiary/aromatic N) is 2. The van der Waals surface area contributed by atoms with Crippen LogP contribution in [0.5, 0.6) is 0 Å². The number of unbranched alkanes of at least 4 members (excludes halogenated alkanes) is 2. The van der Waals surface area contributed by atoms with Gasteiger partial charge in [0.15, 0.2) is 0 Å². The smallest absolute Gasteiger partial charge is 0.343 e. The molecule has 1 aromatic heterocycles. The van der Waals surface area contributed by atoms with Crippen LogP contribution in [0.15, 0.2) is 29.2 Å². The van der Waals surface area contributed by atoms with Crippen molar-refractivity contribution in [3.63, 3.8) is 0 Å². The van der Waals surface area contributed by atoms with Crippen LogP contribution in [0.2, 0.25) is 0 Å². The largest absolute Gasteiger partial charge is 0.462 e. The highest BCUT2D eigenvalue weighted by atomic mass is 16.6. The molecule has 7 nitrogen and oxygen atoms in total. The lowest BCUT2D eigenvalue weighted by atomic mass is 10.1. The highest BCUT2D eigenvalue weighted by molar-refractivity contribution is 5.94. The van der Waals surface area contributed by atoms with Crippen LogP contribution < -0.4 is 5.43 Å². The van der Waals surface area contributed by atoms with Gasteiger partial charge in [-0.05, 0) is 19.4 Å². The fraction of sp³-hybridized carbons (Fsp3) is 0.412. The van der Waals surface area contributed by atoms with Crippen molar-refractivity contribution < 1.29 is 14.5 Å². The number of aromatic nitrogens is 1. The third-order valence-corrected chi connectivity index (χ3v) is 3.77. The van der Waals surface area contributed by atoms with E-state index in [0.29, 0.717) is 12.1 Å². The van der Waals surface area contributed by atoms with Crippen molar-refractivity contribution in [2.45, 2.75) is 39.7 Å². The molecule has 2 aromatic rings. The monoisotopic (exact) mass is 332 g/mol. The summed E-state index contributed by atoms with van der Waals surface area (Å²) in [4.78, 5) is 35.1. The van der Waals surface area contributed by atoms with Gasteiger partial charge in [0.25, 0.3) is 5.69 Å². The maximum atomic E-state index is 12.5. The maximum absolute atomic E-state index is 12.5. The van der Waals surface area contributed by atoms with Crippen LogP contribution in [0.4, 0.5) is 5.69 Å². The molecule has 0 N–H and O–H groups in total. The van der Waals surface area contributed by atoms with Crippen LogP contribution in [0, 0.1) is 10.1 Å². The first kappa shape index (κ1) is 17.7. The van der Waals surface area contributed by atoms with Crippen LogP contribution in [0.25, 0.3) is 10.9 Å². The van der Waals surface area contributed by atoms with Crippen LogP contribution >= 0.6 is 0 Å². The highest BCUT2D eigenvalue weighted by Gasteiger charge is 2.18. The van der Waals surface area contributed by atoms with Gasteiger partial charge >= 0.3 is 5.97 Å². The van der Waals surface area contributed by atoms with Gasteiger partial charge in [-0.3, -0.25) is 14.9 Å². The molecule has 0 spiro atoms. The molecule has 0 aliphatic rings. The molecule has 1 aromatic carbocycles. The molecule has 0 saturated heterocycles. The van der Waals surface area contributed by atoms with Crippen LogP contribution in [-0.2, 0) is 11.3 Å². The summed E-state index contributed by atoms with van der Waals surface area (Å²) in [5.41, 5.74) is -0.145. The number of ether oxygens (including phenoxy) is 1.